The molecule has 2 heterocycles. The second kappa shape index (κ2) is 6.02. The predicted octanol–water partition coefficient (Wildman–Crippen LogP) is 1.68. The number of morpholine rings is 1. The van der Waals surface area contributed by atoms with Gasteiger partial charge >= 0.3 is 0 Å². The summed E-state index contributed by atoms with van der Waals surface area (Å²) in [6.07, 6.45) is 0.911. The topological polar surface area (TPSA) is 54.5 Å². The molecule has 5 nitrogen and oxygen atoms in total. The Labute approximate surface area is 114 Å². The zero-order valence-electron chi connectivity index (χ0n) is 11.8. The number of aryl methyl sites for hydroxylation is 1. The van der Waals surface area contributed by atoms with Gasteiger partial charge in [0, 0.05) is 24.8 Å². The predicted molar refractivity (Wildman–Crippen MR) is 74.5 cm³/mol. The van der Waals surface area contributed by atoms with Crippen molar-refractivity contribution in [2.24, 2.45) is 0 Å². The molecule has 0 radical (unpaired) electrons. The van der Waals surface area contributed by atoms with E-state index in [9.17, 15) is 4.79 Å². The molecule has 1 fully saturated rings. The Morgan fingerprint density at radius 2 is 2.37 bits per heavy atom. The number of anilines is 1. The van der Waals surface area contributed by atoms with E-state index in [0.29, 0.717) is 25.3 Å². The van der Waals surface area contributed by atoms with Crippen molar-refractivity contribution in [2.45, 2.75) is 26.3 Å². The summed E-state index contributed by atoms with van der Waals surface area (Å²) in [5.41, 5.74) is 1.54. The highest BCUT2D eigenvalue weighted by molar-refractivity contribution is 5.95. The van der Waals surface area contributed by atoms with Crippen molar-refractivity contribution < 1.29 is 9.53 Å². The Bertz CT molecular complexity index is 462. The highest BCUT2D eigenvalue weighted by Crippen LogP contribution is 2.17. The molecule has 2 rings (SSSR count). The Kier molecular flexibility index (Phi) is 4.37. The number of hydrogen-bond acceptors (Lipinski definition) is 4. The number of nitrogens with one attached hydrogen (secondary N) is 1. The summed E-state index contributed by atoms with van der Waals surface area (Å²) in [7, 11) is 1.81. The van der Waals surface area contributed by atoms with Gasteiger partial charge < -0.3 is 15.0 Å². The number of rotatable bonds is 3. The van der Waals surface area contributed by atoms with Gasteiger partial charge in [-0.1, -0.05) is 6.92 Å². The van der Waals surface area contributed by atoms with Crippen LogP contribution in [0.5, 0.6) is 0 Å². The minimum atomic E-state index is 0.0668. The van der Waals surface area contributed by atoms with Crippen LogP contribution >= 0.6 is 0 Å². The van der Waals surface area contributed by atoms with Crippen LogP contribution in [0.15, 0.2) is 12.1 Å². The van der Waals surface area contributed by atoms with Gasteiger partial charge in [0.05, 0.1) is 19.3 Å². The summed E-state index contributed by atoms with van der Waals surface area (Å²) in [5.74, 6) is 0.793. The molecule has 0 spiro atoms. The summed E-state index contributed by atoms with van der Waals surface area (Å²) >= 11 is 0. The molecule has 0 aliphatic carbocycles. The van der Waals surface area contributed by atoms with Gasteiger partial charge in [-0.25, -0.2) is 4.98 Å². The third kappa shape index (κ3) is 3.04. The standard InChI is InChI=1S/C14H21N3O2/c1-4-12-9-19-6-5-17(12)14(18)11-7-10(2)16-13(8-11)15-3/h7-8,12H,4-6,9H2,1-3H3,(H,15,16). The zero-order chi connectivity index (χ0) is 13.8. The molecule has 1 aromatic rings. The first-order valence-electron chi connectivity index (χ1n) is 6.71. The van der Waals surface area contributed by atoms with Crippen LogP contribution in [0.3, 0.4) is 0 Å². The molecule has 0 saturated carbocycles. The van der Waals surface area contributed by atoms with Crippen LogP contribution in [0.1, 0.15) is 29.4 Å². The van der Waals surface area contributed by atoms with Gasteiger partial charge in [0.25, 0.3) is 5.91 Å². The van der Waals surface area contributed by atoms with E-state index in [1.54, 1.807) is 13.1 Å². The number of ether oxygens (including phenoxy) is 1. The first kappa shape index (κ1) is 13.8. The number of carbonyl (C=O) groups excluding carboxylic acids is 1. The van der Waals surface area contributed by atoms with Crippen molar-refractivity contribution in [1.82, 2.24) is 9.88 Å². The van der Waals surface area contributed by atoms with Gasteiger partial charge in [-0.3, -0.25) is 4.79 Å². The molecule has 1 aliphatic rings. The van der Waals surface area contributed by atoms with Crippen LogP contribution in [-0.4, -0.2) is 48.6 Å². The zero-order valence-corrected chi connectivity index (χ0v) is 11.8. The van der Waals surface area contributed by atoms with E-state index in [0.717, 1.165) is 17.9 Å². The summed E-state index contributed by atoms with van der Waals surface area (Å²) in [6, 6.07) is 3.82. The second-order valence-corrected chi connectivity index (χ2v) is 4.77. The van der Waals surface area contributed by atoms with Crippen molar-refractivity contribution in [1.29, 1.82) is 0 Å². The van der Waals surface area contributed by atoms with Crippen molar-refractivity contribution >= 4 is 11.7 Å². The maximum absolute atomic E-state index is 12.6. The lowest BCUT2D eigenvalue weighted by Gasteiger charge is -2.35. The summed E-state index contributed by atoms with van der Waals surface area (Å²) in [5, 5.41) is 2.98. The van der Waals surface area contributed by atoms with E-state index in [-0.39, 0.29) is 11.9 Å². The summed E-state index contributed by atoms with van der Waals surface area (Å²) in [4.78, 5) is 18.8. The molecule has 1 aliphatic heterocycles. The normalized spacial score (nSPS) is 19.3. The van der Waals surface area contributed by atoms with Gasteiger partial charge in [-0.15, -0.1) is 0 Å². The highest BCUT2D eigenvalue weighted by Gasteiger charge is 2.27. The number of pyridine rings is 1. The second-order valence-electron chi connectivity index (χ2n) is 4.77. The van der Waals surface area contributed by atoms with E-state index in [1.807, 2.05) is 17.9 Å². The van der Waals surface area contributed by atoms with Crippen LogP contribution in [0.4, 0.5) is 5.82 Å². The van der Waals surface area contributed by atoms with E-state index in [2.05, 4.69) is 17.2 Å². The number of hydrogen-bond donors (Lipinski definition) is 1. The molecule has 19 heavy (non-hydrogen) atoms. The van der Waals surface area contributed by atoms with Crippen LogP contribution in [0, 0.1) is 6.92 Å². The van der Waals surface area contributed by atoms with Crippen molar-refractivity contribution in [2.75, 3.05) is 32.1 Å². The van der Waals surface area contributed by atoms with Crippen LogP contribution in [0.2, 0.25) is 0 Å². The lowest BCUT2D eigenvalue weighted by atomic mass is 10.1. The number of carbonyl (C=O) groups is 1. The molecule has 5 heteroatoms. The number of nitrogens with zero attached hydrogens (tertiary/aromatic N) is 2. The summed E-state index contributed by atoms with van der Waals surface area (Å²) < 4.78 is 5.44. The largest absolute Gasteiger partial charge is 0.377 e. The molecule has 0 aromatic carbocycles. The maximum Gasteiger partial charge on any atom is 0.254 e. The molecule has 1 aromatic heterocycles. The molecular formula is C14H21N3O2. The van der Waals surface area contributed by atoms with Gasteiger partial charge in [-0.2, -0.15) is 0 Å². The summed E-state index contributed by atoms with van der Waals surface area (Å²) in [6.45, 7) is 5.88. The fourth-order valence-electron chi connectivity index (χ4n) is 2.35. The van der Waals surface area contributed by atoms with Gasteiger partial charge in [0.15, 0.2) is 0 Å². The molecule has 1 atom stereocenters. The molecule has 1 unspecified atom stereocenters. The molecule has 1 saturated heterocycles. The van der Waals surface area contributed by atoms with Crippen LogP contribution < -0.4 is 5.32 Å². The lowest BCUT2D eigenvalue weighted by Crippen LogP contribution is -2.48. The molecule has 1 amide bonds. The molecule has 1 N–H and O–H groups in total. The van der Waals surface area contributed by atoms with Crippen molar-refractivity contribution in [3.63, 3.8) is 0 Å². The third-order valence-electron chi connectivity index (χ3n) is 3.42. The average molecular weight is 263 g/mol. The van der Waals surface area contributed by atoms with Gasteiger partial charge in [-0.05, 0) is 25.5 Å². The SMILES string of the molecule is CCC1COCCN1C(=O)c1cc(C)nc(NC)c1. The van der Waals surface area contributed by atoms with Crippen molar-refractivity contribution in [3.8, 4) is 0 Å². The van der Waals surface area contributed by atoms with E-state index in [4.69, 9.17) is 4.74 Å². The smallest absolute Gasteiger partial charge is 0.254 e. The third-order valence-corrected chi connectivity index (χ3v) is 3.42. The Hall–Kier alpha value is -1.62. The van der Waals surface area contributed by atoms with Gasteiger partial charge in [0.2, 0.25) is 0 Å². The molecular weight excluding hydrogens is 242 g/mol. The van der Waals surface area contributed by atoms with E-state index < -0.39 is 0 Å². The number of aromatic nitrogens is 1. The van der Waals surface area contributed by atoms with Crippen molar-refractivity contribution in [3.05, 3.63) is 23.4 Å². The van der Waals surface area contributed by atoms with E-state index >= 15 is 0 Å². The number of amides is 1. The van der Waals surface area contributed by atoms with E-state index in [1.165, 1.54) is 0 Å². The Balaban J connectivity index is 2.24. The highest BCUT2D eigenvalue weighted by atomic mass is 16.5. The maximum atomic E-state index is 12.6. The van der Waals surface area contributed by atoms with Crippen LogP contribution in [-0.2, 0) is 4.74 Å². The Morgan fingerprint density at radius 3 is 3.05 bits per heavy atom. The minimum absolute atomic E-state index is 0.0668. The molecule has 0 bridgehead atoms. The Morgan fingerprint density at radius 1 is 1.58 bits per heavy atom. The average Bonchev–Trinajstić information content (AvgIpc) is 2.45. The fraction of sp³-hybridized carbons (Fsp3) is 0.571. The molecule has 104 valence electrons. The monoisotopic (exact) mass is 263 g/mol. The minimum Gasteiger partial charge on any atom is -0.377 e. The lowest BCUT2D eigenvalue weighted by molar-refractivity contribution is -0.00280. The quantitative estimate of drug-likeness (QED) is 0.901. The van der Waals surface area contributed by atoms with Gasteiger partial charge in [0.1, 0.15) is 5.82 Å². The first-order valence-corrected chi connectivity index (χ1v) is 6.71. The first-order chi connectivity index (χ1) is 9.15. The fourth-order valence-corrected chi connectivity index (χ4v) is 2.35. The van der Waals surface area contributed by atoms with Crippen LogP contribution in [0.25, 0.3) is 0 Å².